The second kappa shape index (κ2) is 5.07. The van der Waals surface area contributed by atoms with E-state index in [1.807, 2.05) is 30.3 Å². The Bertz CT molecular complexity index is 328. The van der Waals surface area contributed by atoms with Crippen molar-refractivity contribution in [1.82, 2.24) is 0 Å². The first kappa shape index (κ1) is 10.3. The molecular weight excluding hydrogens is 178 g/mol. The zero-order valence-corrected chi connectivity index (χ0v) is 8.07. The van der Waals surface area contributed by atoms with Gasteiger partial charge in [-0.2, -0.15) is 0 Å². The lowest BCUT2D eigenvalue weighted by atomic mass is 10.2. The topological polar surface area (TPSA) is 52.3 Å². The van der Waals surface area contributed by atoms with E-state index in [9.17, 15) is 4.79 Å². The molecule has 0 radical (unpaired) electrons. The van der Waals surface area contributed by atoms with Gasteiger partial charge in [-0.05, 0) is 17.7 Å². The molecule has 0 amide bonds. The van der Waals surface area contributed by atoms with Crippen LogP contribution in [0.2, 0.25) is 0 Å². The molecule has 0 aliphatic rings. The Balaban J connectivity index is 2.52. The number of carbonyl (C=O) groups is 1. The number of hydrogen-bond acceptors (Lipinski definition) is 3. The number of nitrogens with two attached hydrogens (primary N) is 1. The highest BCUT2D eigenvalue weighted by atomic mass is 16.5. The van der Waals surface area contributed by atoms with E-state index in [0.29, 0.717) is 6.42 Å². The standard InChI is InChI=1S/C11H13NO2/c1-14-11(13)4-2-3-9-5-7-10(12)8-6-9/h2-3,5-8H,4,12H2,1H3. The number of nitrogen functional groups attached to an aromatic ring is 1. The number of benzene rings is 1. The van der Waals surface area contributed by atoms with E-state index in [1.54, 1.807) is 6.08 Å². The van der Waals surface area contributed by atoms with Crippen LogP contribution >= 0.6 is 0 Å². The van der Waals surface area contributed by atoms with Crippen LogP contribution in [0.5, 0.6) is 0 Å². The first-order valence-corrected chi connectivity index (χ1v) is 4.31. The van der Waals surface area contributed by atoms with Crippen molar-refractivity contribution in [2.45, 2.75) is 6.42 Å². The summed E-state index contributed by atoms with van der Waals surface area (Å²) in [6.45, 7) is 0. The fraction of sp³-hybridized carbons (Fsp3) is 0.182. The Hall–Kier alpha value is -1.77. The van der Waals surface area contributed by atoms with Crippen molar-refractivity contribution in [3.8, 4) is 0 Å². The molecule has 0 aromatic heterocycles. The van der Waals surface area contributed by atoms with E-state index in [4.69, 9.17) is 5.73 Å². The number of ether oxygens (including phenoxy) is 1. The van der Waals surface area contributed by atoms with Crippen molar-refractivity contribution in [2.24, 2.45) is 0 Å². The number of carbonyl (C=O) groups excluding carboxylic acids is 1. The SMILES string of the molecule is COC(=O)CC=Cc1ccc(N)cc1. The van der Waals surface area contributed by atoms with Crippen LogP contribution in [-0.4, -0.2) is 13.1 Å². The van der Waals surface area contributed by atoms with Crippen molar-refractivity contribution in [3.63, 3.8) is 0 Å². The Morgan fingerprint density at radius 2 is 2.07 bits per heavy atom. The summed E-state index contributed by atoms with van der Waals surface area (Å²) in [5, 5.41) is 0. The van der Waals surface area contributed by atoms with E-state index in [0.717, 1.165) is 11.3 Å². The van der Waals surface area contributed by atoms with Crippen molar-refractivity contribution in [2.75, 3.05) is 12.8 Å². The minimum atomic E-state index is -0.239. The molecule has 14 heavy (non-hydrogen) atoms. The summed E-state index contributed by atoms with van der Waals surface area (Å²) in [5.74, 6) is -0.239. The Morgan fingerprint density at radius 3 is 2.64 bits per heavy atom. The molecule has 3 heteroatoms. The van der Waals surface area contributed by atoms with Crippen LogP contribution in [-0.2, 0) is 9.53 Å². The first-order valence-electron chi connectivity index (χ1n) is 4.31. The van der Waals surface area contributed by atoms with Crippen LogP contribution in [0.4, 0.5) is 5.69 Å². The average Bonchev–Trinajstić information content (AvgIpc) is 2.21. The maximum absolute atomic E-state index is 10.8. The van der Waals surface area contributed by atoms with Gasteiger partial charge in [0.15, 0.2) is 0 Å². The van der Waals surface area contributed by atoms with Gasteiger partial charge in [-0.15, -0.1) is 0 Å². The molecule has 3 nitrogen and oxygen atoms in total. The Kier molecular flexibility index (Phi) is 3.73. The zero-order valence-electron chi connectivity index (χ0n) is 8.07. The van der Waals surface area contributed by atoms with Gasteiger partial charge in [0.05, 0.1) is 13.5 Å². The van der Waals surface area contributed by atoms with Gasteiger partial charge in [-0.3, -0.25) is 4.79 Å². The first-order chi connectivity index (χ1) is 6.72. The molecule has 1 rings (SSSR count). The van der Waals surface area contributed by atoms with Gasteiger partial charge < -0.3 is 10.5 Å². The van der Waals surface area contributed by atoms with Gasteiger partial charge in [0.25, 0.3) is 0 Å². The summed E-state index contributed by atoms with van der Waals surface area (Å²) in [6, 6.07) is 7.42. The summed E-state index contributed by atoms with van der Waals surface area (Å²) in [4.78, 5) is 10.8. The highest BCUT2D eigenvalue weighted by molar-refractivity contribution is 5.72. The molecule has 0 saturated carbocycles. The fourth-order valence-electron chi connectivity index (χ4n) is 0.982. The lowest BCUT2D eigenvalue weighted by Crippen LogP contribution is -1.96. The van der Waals surface area contributed by atoms with Crippen molar-refractivity contribution in [1.29, 1.82) is 0 Å². The minimum Gasteiger partial charge on any atom is -0.469 e. The summed E-state index contributed by atoms with van der Waals surface area (Å²) >= 11 is 0. The third-order valence-electron chi connectivity index (χ3n) is 1.76. The molecule has 1 aromatic rings. The monoisotopic (exact) mass is 191 g/mol. The summed E-state index contributed by atoms with van der Waals surface area (Å²) in [7, 11) is 1.37. The molecular formula is C11H13NO2. The van der Waals surface area contributed by atoms with Crippen LogP contribution in [0, 0.1) is 0 Å². The highest BCUT2D eigenvalue weighted by Crippen LogP contribution is 2.07. The molecule has 0 aliphatic heterocycles. The molecule has 2 N–H and O–H groups in total. The summed E-state index contributed by atoms with van der Waals surface area (Å²) in [5.41, 5.74) is 7.28. The number of esters is 1. The molecule has 0 atom stereocenters. The minimum absolute atomic E-state index is 0.239. The van der Waals surface area contributed by atoms with E-state index in [2.05, 4.69) is 4.74 Å². The van der Waals surface area contributed by atoms with E-state index < -0.39 is 0 Å². The zero-order chi connectivity index (χ0) is 10.4. The maximum atomic E-state index is 10.8. The normalized spacial score (nSPS) is 10.4. The van der Waals surface area contributed by atoms with Crippen LogP contribution in [0.3, 0.4) is 0 Å². The predicted molar refractivity (Wildman–Crippen MR) is 56.5 cm³/mol. The van der Waals surface area contributed by atoms with E-state index >= 15 is 0 Å². The number of methoxy groups -OCH3 is 1. The van der Waals surface area contributed by atoms with Gasteiger partial charge >= 0.3 is 5.97 Å². The lowest BCUT2D eigenvalue weighted by molar-refractivity contribution is -0.139. The number of hydrogen-bond donors (Lipinski definition) is 1. The molecule has 74 valence electrons. The van der Waals surface area contributed by atoms with Crippen molar-refractivity contribution < 1.29 is 9.53 Å². The number of anilines is 1. The Labute approximate surface area is 83.2 Å². The van der Waals surface area contributed by atoms with Gasteiger partial charge in [0.1, 0.15) is 0 Å². The second-order valence-electron chi connectivity index (χ2n) is 2.85. The summed E-state index contributed by atoms with van der Waals surface area (Å²) < 4.78 is 4.50. The molecule has 0 unspecified atom stereocenters. The van der Waals surface area contributed by atoms with Crippen molar-refractivity contribution in [3.05, 3.63) is 35.9 Å². The van der Waals surface area contributed by atoms with Crippen LogP contribution in [0.15, 0.2) is 30.3 Å². The molecule has 1 aromatic carbocycles. The average molecular weight is 191 g/mol. The van der Waals surface area contributed by atoms with Crippen molar-refractivity contribution >= 4 is 17.7 Å². The van der Waals surface area contributed by atoms with E-state index in [1.165, 1.54) is 7.11 Å². The molecule has 0 spiro atoms. The maximum Gasteiger partial charge on any atom is 0.309 e. The third kappa shape index (κ3) is 3.31. The molecule has 0 saturated heterocycles. The second-order valence-corrected chi connectivity index (χ2v) is 2.85. The molecule has 0 fully saturated rings. The highest BCUT2D eigenvalue weighted by Gasteiger charge is 1.93. The van der Waals surface area contributed by atoms with Crippen LogP contribution in [0.25, 0.3) is 6.08 Å². The third-order valence-corrected chi connectivity index (χ3v) is 1.76. The lowest BCUT2D eigenvalue weighted by Gasteiger charge is -1.95. The molecule has 0 heterocycles. The number of rotatable bonds is 3. The van der Waals surface area contributed by atoms with Gasteiger partial charge in [-0.25, -0.2) is 0 Å². The van der Waals surface area contributed by atoms with Gasteiger partial charge in [0, 0.05) is 5.69 Å². The smallest absolute Gasteiger partial charge is 0.309 e. The molecule has 0 aliphatic carbocycles. The largest absolute Gasteiger partial charge is 0.469 e. The summed E-state index contributed by atoms with van der Waals surface area (Å²) in [6.07, 6.45) is 3.91. The van der Waals surface area contributed by atoms with E-state index in [-0.39, 0.29) is 5.97 Å². The molecule has 0 bridgehead atoms. The predicted octanol–water partition coefficient (Wildman–Crippen LogP) is 1.85. The van der Waals surface area contributed by atoms with Gasteiger partial charge in [0.2, 0.25) is 0 Å². The van der Waals surface area contributed by atoms with Crippen LogP contribution < -0.4 is 5.73 Å². The fourth-order valence-corrected chi connectivity index (χ4v) is 0.982. The van der Waals surface area contributed by atoms with Gasteiger partial charge in [-0.1, -0.05) is 24.3 Å². The quantitative estimate of drug-likeness (QED) is 0.586. The Morgan fingerprint density at radius 1 is 1.43 bits per heavy atom. The van der Waals surface area contributed by atoms with Crippen LogP contribution in [0.1, 0.15) is 12.0 Å².